The van der Waals surface area contributed by atoms with Gasteiger partial charge < -0.3 is 10.4 Å². The number of allylic oxidation sites excluding steroid dienone is 1. The predicted octanol–water partition coefficient (Wildman–Crippen LogP) is 1.64. The minimum Gasteiger partial charge on any atom is -0.506 e. The Kier molecular flexibility index (Phi) is 3.63. The second kappa shape index (κ2) is 5.14. The fourth-order valence-electron chi connectivity index (χ4n) is 0.995. The van der Waals surface area contributed by atoms with E-state index in [1.54, 1.807) is 12.1 Å². The van der Waals surface area contributed by atoms with Gasteiger partial charge in [-0.3, -0.25) is 10.1 Å². The number of non-ortho nitro benzene ring substituents is 1. The van der Waals surface area contributed by atoms with Crippen LogP contribution in [0.5, 0.6) is 5.75 Å². The van der Waals surface area contributed by atoms with Gasteiger partial charge in [-0.2, -0.15) is 10.5 Å². The number of hydrogen-bond acceptors (Lipinski definition) is 6. The number of hydrogen-bond donors (Lipinski definition) is 2. The molecular formula is C10H6N4O3. The van der Waals surface area contributed by atoms with Crippen molar-refractivity contribution in [2.75, 3.05) is 5.32 Å². The third-order valence-electron chi connectivity index (χ3n) is 1.81. The smallest absolute Gasteiger partial charge is 0.273 e. The van der Waals surface area contributed by atoms with E-state index in [4.69, 9.17) is 10.5 Å². The van der Waals surface area contributed by atoms with E-state index in [9.17, 15) is 15.2 Å². The quantitative estimate of drug-likeness (QED) is 0.352. The molecule has 0 bridgehead atoms. The molecule has 0 atom stereocenters. The number of nitriles is 2. The molecule has 1 aromatic rings. The van der Waals surface area contributed by atoms with E-state index in [2.05, 4.69) is 5.32 Å². The first-order valence-corrected chi connectivity index (χ1v) is 4.32. The Hall–Kier alpha value is -3.06. The van der Waals surface area contributed by atoms with Crippen LogP contribution in [-0.4, -0.2) is 10.0 Å². The van der Waals surface area contributed by atoms with Crippen LogP contribution in [0.2, 0.25) is 0 Å². The van der Waals surface area contributed by atoms with Crippen LogP contribution in [0.25, 0.3) is 0 Å². The summed E-state index contributed by atoms with van der Waals surface area (Å²) in [6.45, 7) is 0. The molecule has 7 heteroatoms. The molecule has 0 heterocycles. The summed E-state index contributed by atoms with van der Waals surface area (Å²) in [5.41, 5.74) is -0.265. The molecule has 0 saturated heterocycles. The van der Waals surface area contributed by atoms with Crippen LogP contribution >= 0.6 is 0 Å². The highest BCUT2D eigenvalue weighted by Crippen LogP contribution is 2.27. The molecule has 7 nitrogen and oxygen atoms in total. The summed E-state index contributed by atoms with van der Waals surface area (Å²) >= 11 is 0. The lowest BCUT2D eigenvalue weighted by Gasteiger charge is -2.03. The summed E-state index contributed by atoms with van der Waals surface area (Å²) in [5, 5.41) is 39.3. The van der Waals surface area contributed by atoms with Gasteiger partial charge in [0.1, 0.15) is 23.5 Å². The molecular weight excluding hydrogens is 224 g/mol. The first kappa shape index (κ1) is 12.0. The van der Waals surface area contributed by atoms with E-state index in [0.717, 1.165) is 12.3 Å². The Morgan fingerprint density at radius 3 is 2.59 bits per heavy atom. The van der Waals surface area contributed by atoms with Gasteiger partial charge in [0.2, 0.25) is 0 Å². The number of rotatable bonds is 3. The van der Waals surface area contributed by atoms with Gasteiger partial charge in [-0.25, -0.2) is 0 Å². The second-order valence-electron chi connectivity index (χ2n) is 2.88. The highest BCUT2D eigenvalue weighted by molar-refractivity contribution is 5.62. The first-order chi connectivity index (χ1) is 8.08. The Morgan fingerprint density at radius 1 is 1.47 bits per heavy atom. The number of phenolic OH excluding ortho intramolecular Hbond substituents is 1. The number of nitrogens with one attached hydrogen (secondary N) is 1. The van der Waals surface area contributed by atoms with Crippen LogP contribution < -0.4 is 5.32 Å². The van der Waals surface area contributed by atoms with Crippen LogP contribution in [0.3, 0.4) is 0 Å². The van der Waals surface area contributed by atoms with E-state index in [-0.39, 0.29) is 22.7 Å². The number of benzene rings is 1. The van der Waals surface area contributed by atoms with Crippen LogP contribution in [-0.2, 0) is 0 Å². The van der Waals surface area contributed by atoms with Crippen LogP contribution in [0.15, 0.2) is 30.0 Å². The van der Waals surface area contributed by atoms with Gasteiger partial charge in [0.15, 0.2) is 0 Å². The monoisotopic (exact) mass is 230 g/mol. The summed E-state index contributed by atoms with van der Waals surface area (Å²) in [6, 6.07) is 6.67. The highest BCUT2D eigenvalue weighted by atomic mass is 16.6. The molecule has 0 spiro atoms. The molecule has 0 aliphatic heterocycles. The summed E-state index contributed by atoms with van der Waals surface area (Å²) in [7, 11) is 0. The summed E-state index contributed by atoms with van der Waals surface area (Å²) < 4.78 is 0. The average Bonchev–Trinajstić information content (AvgIpc) is 2.31. The molecule has 0 saturated carbocycles. The van der Waals surface area contributed by atoms with Crippen molar-refractivity contribution in [3.8, 4) is 17.9 Å². The lowest BCUT2D eigenvalue weighted by Crippen LogP contribution is -1.92. The van der Waals surface area contributed by atoms with Gasteiger partial charge in [0.05, 0.1) is 16.7 Å². The van der Waals surface area contributed by atoms with E-state index >= 15 is 0 Å². The third-order valence-corrected chi connectivity index (χ3v) is 1.81. The van der Waals surface area contributed by atoms with Gasteiger partial charge in [-0.05, 0) is 6.07 Å². The molecule has 0 amide bonds. The zero-order chi connectivity index (χ0) is 12.8. The first-order valence-electron chi connectivity index (χ1n) is 4.32. The van der Waals surface area contributed by atoms with Gasteiger partial charge in [0, 0.05) is 12.3 Å². The van der Waals surface area contributed by atoms with E-state index < -0.39 is 4.92 Å². The molecule has 17 heavy (non-hydrogen) atoms. The SMILES string of the molecule is N#CC(C#N)=CNc1ccc([N+](=O)[O-])cc1O. The lowest BCUT2D eigenvalue weighted by atomic mass is 10.2. The lowest BCUT2D eigenvalue weighted by molar-refractivity contribution is -0.384. The number of anilines is 1. The standard InChI is InChI=1S/C10H6N4O3/c11-4-7(5-12)6-13-9-2-1-8(14(16)17)3-10(9)15/h1-3,6,13,15H. The van der Waals surface area contributed by atoms with Crippen molar-refractivity contribution in [3.05, 3.63) is 40.1 Å². The minimum atomic E-state index is -0.644. The van der Waals surface area contributed by atoms with Gasteiger partial charge >= 0.3 is 0 Å². The molecule has 0 unspecified atom stereocenters. The number of nitro groups is 1. The third kappa shape index (κ3) is 2.94. The topological polar surface area (TPSA) is 123 Å². The van der Waals surface area contributed by atoms with Crippen molar-refractivity contribution >= 4 is 11.4 Å². The second-order valence-corrected chi connectivity index (χ2v) is 2.88. The predicted molar refractivity (Wildman–Crippen MR) is 57.7 cm³/mol. The molecule has 0 fully saturated rings. The number of nitrogens with zero attached hydrogens (tertiary/aromatic N) is 3. The Labute approximate surface area is 96.0 Å². The van der Waals surface area contributed by atoms with Crippen LogP contribution in [0.1, 0.15) is 0 Å². The van der Waals surface area contributed by atoms with Crippen molar-refractivity contribution < 1.29 is 10.0 Å². The highest BCUT2D eigenvalue weighted by Gasteiger charge is 2.09. The maximum atomic E-state index is 10.4. The van der Waals surface area contributed by atoms with E-state index in [1.165, 1.54) is 12.1 Å². The summed E-state index contributed by atoms with van der Waals surface area (Å²) in [5.74, 6) is -0.342. The van der Waals surface area contributed by atoms with E-state index in [1.807, 2.05) is 0 Å². The zero-order valence-electron chi connectivity index (χ0n) is 8.41. The average molecular weight is 230 g/mol. The van der Waals surface area contributed by atoms with Crippen molar-refractivity contribution in [2.24, 2.45) is 0 Å². The van der Waals surface area contributed by atoms with Crippen molar-refractivity contribution in [1.82, 2.24) is 0 Å². The molecule has 0 aliphatic rings. The molecule has 1 rings (SSSR count). The Bertz CT molecular complexity index is 550. The minimum absolute atomic E-state index is 0.165. The molecule has 1 aromatic carbocycles. The Morgan fingerprint density at radius 2 is 2.12 bits per heavy atom. The maximum Gasteiger partial charge on any atom is 0.273 e. The van der Waals surface area contributed by atoms with Crippen LogP contribution in [0, 0.1) is 32.8 Å². The molecule has 0 aromatic heterocycles. The number of aromatic hydroxyl groups is 1. The number of phenols is 1. The van der Waals surface area contributed by atoms with Gasteiger partial charge in [-0.15, -0.1) is 0 Å². The van der Waals surface area contributed by atoms with Crippen molar-refractivity contribution in [3.63, 3.8) is 0 Å². The van der Waals surface area contributed by atoms with Gasteiger partial charge in [-0.1, -0.05) is 0 Å². The molecule has 0 radical (unpaired) electrons. The molecule has 0 aliphatic carbocycles. The van der Waals surface area contributed by atoms with Gasteiger partial charge in [0.25, 0.3) is 5.69 Å². The fourth-order valence-corrected chi connectivity index (χ4v) is 0.995. The van der Waals surface area contributed by atoms with Crippen molar-refractivity contribution in [1.29, 1.82) is 10.5 Å². The number of nitro benzene ring substituents is 1. The van der Waals surface area contributed by atoms with Crippen molar-refractivity contribution in [2.45, 2.75) is 0 Å². The molecule has 84 valence electrons. The zero-order valence-corrected chi connectivity index (χ0v) is 8.41. The molecule has 2 N–H and O–H groups in total. The van der Waals surface area contributed by atoms with E-state index in [0.29, 0.717) is 0 Å². The fraction of sp³-hybridized carbons (Fsp3) is 0. The summed E-state index contributed by atoms with van der Waals surface area (Å²) in [4.78, 5) is 9.76. The summed E-state index contributed by atoms with van der Waals surface area (Å²) in [6.07, 6.45) is 1.10. The normalized spacial score (nSPS) is 8.59. The Balaban J connectivity index is 2.96. The van der Waals surface area contributed by atoms with Crippen LogP contribution in [0.4, 0.5) is 11.4 Å². The largest absolute Gasteiger partial charge is 0.506 e. The maximum absolute atomic E-state index is 10.4.